The summed E-state index contributed by atoms with van der Waals surface area (Å²) >= 11 is 1.78. The third kappa shape index (κ3) is 4.06. The van der Waals surface area contributed by atoms with E-state index < -0.39 is 11.4 Å². The van der Waals surface area contributed by atoms with Crippen molar-refractivity contribution in [3.05, 3.63) is 22.4 Å². The van der Waals surface area contributed by atoms with E-state index >= 15 is 0 Å². The number of rotatable bonds is 6. The first-order chi connectivity index (χ1) is 9.62. The van der Waals surface area contributed by atoms with Gasteiger partial charge in [-0.1, -0.05) is 31.7 Å². The lowest BCUT2D eigenvalue weighted by Crippen LogP contribution is -2.42. The van der Waals surface area contributed by atoms with Crippen molar-refractivity contribution >= 4 is 17.3 Å². The molecule has 112 valence electrons. The second-order valence-corrected chi connectivity index (χ2v) is 7.10. The first-order valence-electron chi connectivity index (χ1n) is 7.57. The number of aliphatic carboxylic acids is 1. The lowest BCUT2D eigenvalue weighted by Gasteiger charge is -2.32. The Morgan fingerprint density at radius 3 is 2.60 bits per heavy atom. The van der Waals surface area contributed by atoms with Crippen molar-refractivity contribution in [2.24, 2.45) is 5.41 Å². The van der Waals surface area contributed by atoms with Crippen LogP contribution in [0.4, 0.5) is 0 Å². The van der Waals surface area contributed by atoms with Crippen LogP contribution < -0.4 is 0 Å². The van der Waals surface area contributed by atoms with Crippen LogP contribution in [0.1, 0.15) is 43.4 Å². The van der Waals surface area contributed by atoms with Crippen LogP contribution in [0.5, 0.6) is 0 Å². The molecule has 1 aromatic heterocycles. The van der Waals surface area contributed by atoms with Crippen LogP contribution in [0.25, 0.3) is 0 Å². The molecule has 0 spiro atoms. The molecule has 0 bridgehead atoms. The molecule has 1 aliphatic carbocycles. The summed E-state index contributed by atoms with van der Waals surface area (Å²) in [6.45, 7) is 1.63. The minimum atomic E-state index is -0.595. The Balaban J connectivity index is 1.91. The Morgan fingerprint density at radius 1 is 1.35 bits per heavy atom. The predicted octanol–water partition coefficient (Wildman–Crippen LogP) is 3.65. The summed E-state index contributed by atoms with van der Waals surface area (Å²) in [5, 5.41) is 11.8. The number of thiophene rings is 1. The Morgan fingerprint density at radius 2 is 2.05 bits per heavy atom. The summed E-state index contributed by atoms with van der Waals surface area (Å²) in [6, 6.07) is 4.22. The van der Waals surface area contributed by atoms with Crippen molar-refractivity contribution in [1.82, 2.24) is 4.90 Å². The zero-order chi connectivity index (χ0) is 14.4. The Kier molecular flexibility index (Phi) is 5.61. The molecular formula is C16H25NO2S. The molecule has 4 heteroatoms. The van der Waals surface area contributed by atoms with E-state index in [2.05, 4.69) is 29.5 Å². The van der Waals surface area contributed by atoms with Crippen molar-refractivity contribution in [1.29, 1.82) is 0 Å². The van der Waals surface area contributed by atoms with Crippen molar-refractivity contribution in [2.75, 3.05) is 20.1 Å². The van der Waals surface area contributed by atoms with Crippen LogP contribution >= 0.6 is 11.3 Å². The van der Waals surface area contributed by atoms with E-state index in [9.17, 15) is 9.90 Å². The van der Waals surface area contributed by atoms with E-state index in [0.29, 0.717) is 6.54 Å². The van der Waals surface area contributed by atoms with E-state index in [4.69, 9.17) is 0 Å². The second-order valence-electron chi connectivity index (χ2n) is 6.07. The lowest BCUT2D eigenvalue weighted by atomic mass is 9.80. The molecule has 2 rings (SSSR count). The summed E-state index contributed by atoms with van der Waals surface area (Å²) in [5.74, 6) is -0.595. The largest absolute Gasteiger partial charge is 0.481 e. The maximum Gasteiger partial charge on any atom is 0.310 e. The number of hydrogen-bond donors (Lipinski definition) is 1. The average Bonchev–Trinajstić information content (AvgIpc) is 2.82. The van der Waals surface area contributed by atoms with Gasteiger partial charge in [0.2, 0.25) is 0 Å². The molecule has 0 unspecified atom stereocenters. The molecule has 1 saturated carbocycles. The number of carbonyl (C=O) groups is 1. The minimum absolute atomic E-state index is 0.513. The molecule has 1 fully saturated rings. The van der Waals surface area contributed by atoms with Crippen LogP contribution in [0.15, 0.2) is 17.5 Å². The van der Waals surface area contributed by atoms with Crippen LogP contribution in [-0.2, 0) is 11.2 Å². The summed E-state index contributed by atoms with van der Waals surface area (Å²) < 4.78 is 0. The van der Waals surface area contributed by atoms with Gasteiger partial charge in [-0.2, -0.15) is 0 Å². The van der Waals surface area contributed by atoms with Gasteiger partial charge in [0.1, 0.15) is 0 Å². The molecule has 0 radical (unpaired) electrons. The quantitative estimate of drug-likeness (QED) is 0.814. The van der Waals surface area contributed by atoms with Gasteiger partial charge in [0, 0.05) is 18.0 Å². The smallest absolute Gasteiger partial charge is 0.310 e. The van der Waals surface area contributed by atoms with E-state index in [-0.39, 0.29) is 0 Å². The summed E-state index contributed by atoms with van der Waals surface area (Å²) in [7, 11) is 2.06. The third-order valence-corrected chi connectivity index (χ3v) is 5.34. The second kappa shape index (κ2) is 7.23. The van der Waals surface area contributed by atoms with Crippen LogP contribution in [0.2, 0.25) is 0 Å². The number of hydrogen-bond acceptors (Lipinski definition) is 3. The van der Waals surface area contributed by atoms with Gasteiger partial charge >= 0.3 is 5.97 Å². The number of likely N-dealkylation sites (N-methyl/N-ethyl adjacent to an activating group) is 1. The highest BCUT2D eigenvalue weighted by Crippen LogP contribution is 2.36. The molecule has 1 aliphatic rings. The normalized spacial score (nSPS) is 18.9. The monoisotopic (exact) mass is 295 g/mol. The van der Waals surface area contributed by atoms with E-state index in [0.717, 1.165) is 38.6 Å². The van der Waals surface area contributed by atoms with Gasteiger partial charge in [-0.05, 0) is 37.8 Å². The molecule has 0 aliphatic heterocycles. The van der Waals surface area contributed by atoms with Crippen LogP contribution in [-0.4, -0.2) is 36.1 Å². The summed E-state index contributed by atoms with van der Waals surface area (Å²) in [5.41, 5.74) is -0.513. The van der Waals surface area contributed by atoms with Gasteiger partial charge in [0.15, 0.2) is 0 Å². The zero-order valence-corrected chi connectivity index (χ0v) is 13.1. The fourth-order valence-corrected chi connectivity index (χ4v) is 3.89. The molecule has 0 amide bonds. The first-order valence-corrected chi connectivity index (χ1v) is 8.45. The Bertz CT molecular complexity index is 408. The zero-order valence-electron chi connectivity index (χ0n) is 12.3. The highest BCUT2D eigenvalue weighted by Gasteiger charge is 2.39. The summed E-state index contributed by atoms with van der Waals surface area (Å²) in [6.07, 6.45) is 7.19. The minimum Gasteiger partial charge on any atom is -0.481 e. The molecule has 1 N–H and O–H groups in total. The highest BCUT2D eigenvalue weighted by molar-refractivity contribution is 7.09. The lowest BCUT2D eigenvalue weighted by molar-refractivity contribution is -0.151. The fraction of sp³-hybridized carbons (Fsp3) is 0.688. The molecule has 20 heavy (non-hydrogen) atoms. The number of nitrogens with zero attached hydrogens (tertiary/aromatic N) is 1. The van der Waals surface area contributed by atoms with Gasteiger partial charge in [-0.3, -0.25) is 4.79 Å². The van der Waals surface area contributed by atoms with Gasteiger partial charge in [0.05, 0.1) is 5.41 Å². The first kappa shape index (κ1) is 15.5. The molecule has 3 nitrogen and oxygen atoms in total. The maximum atomic E-state index is 11.8. The predicted molar refractivity (Wildman–Crippen MR) is 83.3 cm³/mol. The molecule has 0 saturated heterocycles. The Hall–Kier alpha value is -0.870. The number of carboxylic acid groups (broad SMARTS) is 1. The molecule has 1 aromatic rings. The van der Waals surface area contributed by atoms with Crippen LogP contribution in [0, 0.1) is 5.41 Å². The molecular weight excluding hydrogens is 270 g/mol. The Labute approximate surface area is 125 Å². The summed E-state index contributed by atoms with van der Waals surface area (Å²) in [4.78, 5) is 15.4. The average molecular weight is 295 g/mol. The maximum absolute atomic E-state index is 11.8. The van der Waals surface area contributed by atoms with Crippen LogP contribution in [0.3, 0.4) is 0 Å². The van der Waals surface area contributed by atoms with Crippen molar-refractivity contribution in [2.45, 2.75) is 44.9 Å². The van der Waals surface area contributed by atoms with Gasteiger partial charge < -0.3 is 10.0 Å². The van der Waals surface area contributed by atoms with Gasteiger partial charge in [-0.15, -0.1) is 11.3 Å². The topological polar surface area (TPSA) is 40.5 Å². The standard InChI is InChI=1S/C16H25NO2S/c1-17(11-8-14-7-6-12-20-14)13-16(15(18)19)9-4-2-3-5-10-16/h6-7,12H,2-5,8-11,13H2,1H3,(H,18,19). The molecule has 1 heterocycles. The van der Waals surface area contributed by atoms with Gasteiger partial charge in [0.25, 0.3) is 0 Å². The van der Waals surface area contributed by atoms with E-state index in [1.165, 1.54) is 17.7 Å². The SMILES string of the molecule is CN(CCc1cccs1)CC1(C(=O)O)CCCCCC1. The molecule has 0 atom stereocenters. The fourth-order valence-electron chi connectivity index (χ4n) is 3.20. The van der Waals surface area contributed by atoms with Gasteiger partial charge in [-0.25, -0.2) is 0 Å². The van der Waals surface area contributed by atoms with E-state index in [1.807, 2.05) is 0 Å². The van der Waals surface area contributed by atoms with Crippen molar-refractivity contribution in [3.63, 3.8) is 0 Å². The number of carboxylic acids is 1. The van der Waals surface area contributed by atoms with E-state index in [1.54, 1.807) is 11.3 Å². The highest BCUT2D eigenvalue weighted by atomic mass is 32.1. The van der Waals surface area contributed by atoms with Crippen molar-refractivity contribution in [3.8, 4) is 0 Å². The van der Waals surface area contributed by atoms with Crippen molar-refractivity contribution < 1.29 is 9.90 Å². The third-order valence-electron chi connectivity index (χ3n) is 4.41. The molecule has 0 aromatic carbocycles.